The Morgan fingerprint density at radius 3 is 2.88 bits per heavy atom. The van der Waals surface area contributed by atoms with Crippen LogP contribution in [0.2, 0.25) is 5.02 Å². The van der Waals surface area contributed by atoms with Crippen LogP contribution >= 0.6 is 11.6 Å². The molecule has 0 aromatic heterocycles. The summed E-state index contributed by atoms with van der Waals surface area (Å²) in [5.41, 5.74) is 0.624. The summed E-state index contributed by atoms with van der Waals surface area (Å²) in [6.07, 6.45) is 2.35. The summed E-state index contributed by atoms with van der Waals surface area (Å²) in [5, 5.41) is 3.65. The summed E-state index contributed by atoms with van der Waals surface area (Å²) in [4.78, 5) is 11.8. The van der Waals surface area contributed by atoms with Gasteiger partial charge in [0.05, 0.1) is 18.7 Å². The smallest absolute Gasteiger partial charge is 0.176 e. The van der Waals surface area contributed by atoms with Crippen molar-refractivity contribution < 1.29 is 9.53 Å². The zero-order valence-corrected chi connectivity index (χ0v) is 9.88. The molecule has 0 aliphatic heterocycles. The molecule has 1 fully saturated rings. The maximum Gasteiger partial charge on any atom is 0.176 e. The fraction of sp³-hybridized carbons (Fsp3) is 0.417. The van der Waals surface area contributed by atoms with Gasteiger partial charge in [0.15, 0.2) is 5.78 Å². The van der Waals surface area contributed by atoms with E-state index in [9.17, 15) is 4.79 Å². The number of ketones is 1. The van der Waals surface area contributed by atoms with Crippen LogP contribution in [0, 0.1) is 0 Å². The van der Waals surface area contributed by atoms with Crippen LogP contribution < -0.4 is 10.1 Å². The third kappa shape index (κ3) is 2.74. The Bertz CT molecular complexity index is 402. The Hall–Kier alpha value is -1.06. The minimum atomic E-state index is 0.0662. The lowest BCUT2D eigenvalue weighted by atomic mass is 10.1. The van der Waals surface area contributed by atoms with Crippen molar-refractivity contribution in [2.45, 2.75) is 18.9 Å². The molecule has 86 valence electrons. The highest BCUT2D eigenvalue weighted by atomic mass is 35.5. The molecular weight excluding hydrogens is 226 g/mol. The fourth-order valence-corrected chi connectivity index (χ4v) is 1.72. The van der Waals surface area contributed by atoms with Crippen LogP contribution in [0.4, 0.5) is 0 Å². The molecule has 0 amide bonds. The first-order chi connectivity index (χ1) is 7.70. The predicted octanol–water partition coefficient (Wildman–Crippen LogP) is 2.28. The van der Waals surface area contributed by atoms with Crippen LogP contribution in [0.15, 0.2) is 18.2 Å². The third-order valence-electron chi connectivity index (χ3n) is 2.60. The van der Waals surface area contributed by atoms with E-state index < -0.39 is 0 Å². The zero-order valence-electron chi connectivity index (χ0n) is 9.13. The van der Waals surface area contributed by atoms with Gasteiger partial charge in [-0.2, -0.15) is 0 Å². The minimum absolute atomic E-state index is 0.0662. The highest BCUT2D eigenvalue weighted by molar-refractivity contribution is 6.32. The molecule has 0 unspecified atom stereocenters. The van der Waals surface area contributed by atoms with E-state index in [1.165, 1.54) is 12.8 Å². The molecule has 3 nitrogen and oxygen atoms in total. The molecule has 1 N–H and O–H groups in total. The Labute approximate surface area is 99.7 Å². The van der Waals surface area contributed by atoms with Gasteiger partial charge in [-0.3, -0.25) is 4.79 Å². The molecule has 4 heteroatoms. The topological polar surface area (TPSA) is 38.3 Å². The van der Waals surface area contributed by atoms with E-state index >= 15 is 0 Å². The number of carbonyl (C=O) groups is 1. The second kappa shape index (κ2) is 4.85. The molecule has 0 radical (unpaired) electrons. The number of hydrogen-bond acceptors (Lipinski definition) is 3. The molecule has 0 saturated heterocycles. The standard InChI is InChI=1S/C12H14ClNO2/c1-16-12-5-2-8(6-10(12)13)11(15)7-14-9-3-4-9/h2,5-6,9,14H,3-4,7H2,1H3. The normalized spacial score (nSPS) is 14.9. The molecular formula is C12H14ClNO2. The third-order valence-corrected chi connectivity index (χ3v) is 2.90. The molecule has 0 atom stereocenters. The lowest BCUT2D eigenvalue weighted by molar-refractivity contribution is 0.0990. The number of methoxy groups -OCH3 is 1. The number of hydrogen-bond donors (Lipinski definition) is 1. The first-order valence-corrected chi connectivity index (χ1v) is 5.68. The number of Topliss-reactive ketones (excluding diaryl/α,β-unsaturated/α-hetero) is 1. The summed E-state index contributed by atoms with van der Waals surface area (Å²) < 4.78 is 5.03. The number of ether oxygens (including phenoxy) is 1. The van der Waals surface area contributed by atoms with E-state index in [4.69, 9.17) is 16.3 Å². The summed E-state index contributed by atoms with van der Waals surface area (Å²) in [7, 11) is 1.55. The van der Waals surface area contributed by atoms with E-state index in [0.717, 1.165) is 0 Å². The van der Waals surface area contributed by atoms with Crippen molar-refractivity contribution in [2.24, 2.45) is 0 Å². The highest BCUT2D eigenvalue weighted by Crippen LogP contribution is 2.25. The molecule has 0 spiro atoms. The van der Waals surface area contributed by atoms with Gasteiger partial charge in [0.25, 0.3) is 0 Å². The van der Waals surface area contributed by atoms with Gasteiger partial charge in [-0.1, -0.05) is 11.6 Å². The van der Waals surface area contributed by atoms with Crippen molar-refractivity contribution in [3.63, 3.8) is 0 Å². The second-order valence-corrected chi connectivity index (χ2v) is 4.33. The van der Waals surface area contributed by atoms with Gasteiger partial charge in [-0.25, -0.2) is 0 Å². The predicted molar refractivity (Wildman–Crippen MR) is 63.4 cm³/mol. The molecule has 1 aliphatic carbocycles. The molecule has 1 aromatic rings. The van der Waals surface area contributed by atoms with Crippen molar-refractivity contribution in [2.75, 3.05) is 13.7 Å². The Morgan fingerprint density at radius 1 is 1.56 bits per heavy atom. The van der Waals surface area contributed by atoms with E-state index in [-0.39, 0.29) is 5.78 Å². The van der Waals surface area contributed by atoms with Gasteiger partial charge in [0, 0.05) is 11.6 Å². The van der Waals surface area contributed by atoms with Crippen LogP contribution in [0.1, 0.15) is 23.2 Å². The van der Waals surface area contributed by atoms with E-state index in [0.29, 0.717) is 28.9 Å². The first kappa shape index (κ1) is 11.4. The van der Waals surface area contributed by atoms with Gasteiger partial charge in [0.1, 0.15) is 5.75 Å². The molecule has 2 rings (SSSR count). The average Bonchev–Trinajstić information content (AvgIpc) is 3.09. The van der Waals surface area contributed by atoms with Gasteiger partial charge in [0.2, 0.25) is 0 Å². The second-order valence-electron chi connectivity index (χ2n) is 3.93. The average molecular weight is 240 g/mol. The quantitative estimate of drug-likeness (QED) is 0.802. The van der Waals surface area contributed by atoms with Crippen LogP contribution in [-0.2, 0) is 0 Å². The maximum atomic E-state index is 11.8. The molecule has 1 aliphatic rings. The van der Waals surface area contributed by atoms with Crippen molar-refractivity contribution in [1.82, 2.24) is 5.32 Å². The molecule has 1 saturated carbocycles. The van der Waals surface area contributed by atoms with E-state index in [1.807, 2.05) is 0 Å². The molecule has 16 heavy (non-hydrogen) atoms. The summed E-state index contributed by atoms with van der Waals surface area (Å²) in [6, 6.07) is 5.64. The summed E-state index contributed by atoms with van der Waals surface area (Å²) in [6.45, 7) is 0.382. The van der Waals surface area contributed by atoms with Gasteiger partial charge in [-0.15, -0.1) is 0 Å². The summed E-state index contributed by atoms with van der Waals surface area (Å²) >= 11 is 5.95. The van der Waals surface area contributed by atoms with Crippen LogP contribution in [-0.4, -0.2) is 25.5 Å². The number of nitrogens with one attached hydrogen (secondary N) is 1. The van der Waals surface area contributed by atoms with Gasteiger partial charge in [-0.05, 0) is 31.0 Å². The first-order valence-electron chi connectivity index (χ1n) is 5.31. The summed E-state index contributed by atoms with van der Waals surface area (Å²) in [5.74, 6) is 0.657. The SMILES string of the molecule is COc1ccc(C(=O)CNC2CC2)cc1Cl. The van der Waals surface area contributed by atoms with E-state index in [1.54, 1.807) is 25.3 Å². The van der Waals surface area contributed by atoms with Crippen LogP contribution in [0.25, 0.3) is 0 Å². The maximum absolute atomic E-state index is 11.8. The Morgan fingerprint density at radius 2 is 2.31 bits per heavy atom. The Balaban J connectivity index is 2.01. The monoisotopic (exact) mass is 239 g/mol. The minimum Gasteiger partial charge on any atom is -0.495 e. The van der Waals surface area contributed by atoms with E-state index in [2.05, 4.69) is 5.32 Å². The molecule has 0 bridgehead atoms. The van der Waals surface area contributed by atoms with Crippen molar-refractivity contribution >= 4 is 17.4 Å². The van der Waals surface area contributed by atoms with Crippen molar-refractivity contribution in [3.8, 4) is 5.75 Å². The lowest BCUT2D eigenvalue weighted by Gasteiger charge is -2.06. The van der Waals surface area contributed by atoms with Crippen molar-refractivity contribution in [1.29, 1.82) is 0 Å². The number of benzene rings is 1. The number of halogens is 1. The van der Waals surface area contributed by atoms with Crippen LogP contribution in [0.5, 0.6) is 5.75 Å². The van der Waals surface area contributed by atoms with Crippen molar-refractivity contribution in [3.05, 3.63) is 28.8 Å². The molecule has 1 aromatic carbocycles. The number of rotatable bonds is 5. The number of carbonyl (C=O) groups excluding carboxylic acids is 1. The lowest BCUT2D eigenvalue weighted by Crippen LogP contribution is -2.24. The highest BCUT2D eigenvalue weighted by Gasteiger charge is 2.21. The molecule has 0 heterocycles. The zero-order chi connectivity index (χ0) is 11.5. The largest absolute Gasteiger partial charge is 0.495 e. The Kier molecular flexibility index (Phi) is 3.46. The van der Waals surface area contributed by atoms with Crippen LogP contribution in [0.3, 0.4) is 0 Å². The fourth-order valence-electron chi connectivity index (χ4n) is 1.47. The van der Waals surface area contributed by atoms with Gasteiger partial charge >= 0.3 is 0 Å². The van der Waals surface area contributed by atoms with Gasteiger partial charge < -0.3 is 10.1 Å².